The molecule has 0 radical (unpaired) electrons. The van der Waals surface area contributed by atoms with Gasteiger partial charge in [0.05, 0.1) is 25.0 Å². The number of carbonyl (C=O) groups excluding carboxylic acids is 1. The second-order valence-electron chi connectivity index (χ2n) is 6.67. The smallest absolute Gasteiger partial charge is 0.337 e. The zero-order valence-electron chi connectivity index (χ0n) is 15.7. The number of aromatic nitrogens is 1. The van der Waals surface area contributed by atoms with E-state index in [2.05, 4.69) is 4.90 Å². The van der Waals surface area contributed by atoms with Crippen LogP contribution in [0.25, 0.3) is 11.5 Å². The Labute approximate surface area is 154 Å². The minimum absolute atomic E-state index is 0.352. The predicted octanol–water partition coefficient (Wildman–Crippen LogP) is 3.44. The molecule has 1 aromatic heterocycles. The molecule has 1 aliphatic heterocycles. The molecule has 6 nitrogen and oxygen atoms in total. The van der Waals surface area contributed by atoms with Crippen molar-refractivity contribution >= 4 is 5.97 Å². The van der Waals surface area contributed by atoms with Crippen LogP contribution >= 0.6 is 0 Å². The number of benzene rings is 1. The van der Waals surface area contributed by atoms with Crippen LogP contribution in [0.5, 0.6) is 0 Å². The number of methoxy groups -OCH3 is 2. The van der Waals surface area contributed by atoms with Crippen molar-refractivity contribution in [3.63, 3.8) is 0 Å². The van der Waals surface area contributed by atoms with Gasteiger partial charge in [0.15, 0.2) is 0 Å². The third-order valence-corrected chi connectivity index (χ3v) is 4.91. The Kier molecular flexibility index (Phi) is 6.06. The molecule has 6 heteroatoms. The first kappa shape index (κ1) is 18.6. The summed E-state index contributed by atoms with van der Waals surface area (Å²) in [4.78, 5) is 18.7. The van der Waals surface area contributed by atoms with Crippen LogP contribution in [-0.2, 0) is 16.0 Å². The number of oxazole rings is 1. The Balaban J connectivity index is 1.75. The van der Waals surface area contributed by atoms with E-state index in [0.29, 0.717) is 17.5 Å². The molecule has 0 spiro atoms. The number of hydrogen-bond acceptors (Lipinski definition) is 6. The maximum Gasteiger partial charge on any atom is 0.337 e. The molecule has 1 atom stereocenters. The van der Waals surface area contributed by atoms with E-state index in [1.807, 2.05) is 19.1 Å². The molecule has 2 aromatic rings. The van der Waals surface area contributed by atoms with Gasteiger partial charge in [0.1, 0.15) is 5.76 Å². The summed E-state index contributed by atoms with van der Waals surface area (Å²) in [7, 11) is 3.13. The highest BCUT2D eigenvalue weighted by Crippen LogP contribution is 2.25. The zero-order chi connectivity index (χ0) is 18.5. The van der Waals surface area contributed by atoms with Crippen LogP contribution < -0.4 is 0 Å². The first-order valence-electron chi connectivity index (χ1n) is 9.00. The van der Waals surface area contributed by atoms with Gasteiger partial charge < -0.3 is 13.9 Å². The lowest BCUT2D eigenvalue weighted by atomic mass is 10.0. The van der Waals surface area contributed by atoms with Crippen molar-refractivity contribution in [2.24, 2.45) is 0 Å². The van der Waals surface area contributed by atoms with Crippen molar-refractivity contribution in [1.29, 1.82) is 0 Å². The summed E-state index contributed by atoms with van der Waals surface area (Å²) in [5.41, 5.74) is 2.31. The second-order valence-corrected chi connectivity index (χ2v) is 6.67. The van der Waals surface area contributed by atoms with Gasteiger partial charge in [-0.25, -0.2) is 9.78 Å². The molecule has 0 aliphatic carbocycles. The van der Waals surface area contributed by atoms with Crippen LogP contribution in [0.2, 0.25) is 0 Å². The number of nitrogens with zero attached hydrogens (tertiary/aromatic N) is 2. The van der Waals surface area contributed by atoms with E-state index in [0.717, 1.165) is 43.1 Å². The summed E-state index contributed by atoms with van der Waals surface area (Å²) in [5, 5.41) is 0. The van der Waals surface area contributed by atoms with E-state index in [1.165, 1.54) is 20.0 Å². The lowest BCUT2D eigenvalue weighted by Gasteiger charge is -2.34. The fraction of sp³-hybridized carbons (Fsp3) is 0.500. The van der Waals surface area contributed by atoms with Gasteiger partial charge >= 0.3 is 5.97 Å². The van der Waals surface area contributed by atoms with E-state index < -0.39 is 0 Å². The molecule has 0 bridgehead atoms. The Morgan fingerprint density at radius 2 is 2.04 bits per heavy atom. The van der Waals surface area contributed by atoms with Gasteiger partial charge in [0.25, 0.3) is 0 Å². The van der Waals surface area contributed by atoms with Crippen LogP contribution in [0.1, 0.15) is 41.1 Å². The highest BCUT2D eigenvalue weighted by Gasteiger charge is 2.24. The molecule has 0 unspecified atom stereocenters. The lowest BCUT2D eigenvalue weighted by molar-refractivity contribution is 0.0590. The van der Waals surface area contributed by atoms with Gasteiger partial charge in [-0.3, -0.25) is 4.90 Å². The molecule has 1 fully saturated rings. The number of rotatable bonds is 6. The number of aryl methyl sites for hydroxylation is 1. The van der Waals surface area contributed by atoms with Gasteiger partial charge in [0.2, 0.25) is 5.89 Å². The molecule has 140 valence electrons. The second kappa shape index (κ2) is 8.47. The van der Waals surface area contributed by atoms with Crippen LogP contribution in [0.15, 0.2) is 28.7 Å². The van der Waals surface area contributed by atoms with Gasteiger partial charge in [-0.05, 0) is 50.6 Å². The molecule has 1 aliphatic rings. The summed E-state index contributed by atoms with van der Waals surface area (Å²) < 4.78 is 16.0. The fourth-order valence-corrected chi connectivity index (χ4v) is 3.41. The molecule has 0 saturated carbocycles. The average Bonchev–Trinajstić information content (AvgIpc) is 3.03. The molecular formula is C20H26N2O4. The zero-order valence-corrected chi connectivity index (χ0v) is 15.7. The largest absolute Gasteiger partial charge is 0.465 e. The molecular weight excluding hydrogens is 332 g/mol. The van der Waals surface area contributed by atoms with E-state index in [-0.39, 0.29) is 5.97 Å². The first-order valence-corrected chi connectivity index (χ1v) is 9.00. The summed E-state index contributed by atoms with van der Waals surface area (Å²) in [6.07, 6.45) is 3.62. The summed E-state index contributed by atoms with van der Waals surface area (Å²) >= 11 is 0. The molecule has 1 aromatic carbocycles. The van der Waals surface area contributed by atoms with Crippen LogP contribution in [0, 0.1) is 6.92 Å². The lowest BCUT2D eigenvalue weighted by Crippen LogP contribution is -2.41. The van der Waals surface area contributed by atoms with Gasteiger partial charge in [-0.1, -0.05) is 6.42 Å². The Hall–Kier alpha value is -2.18. The van der Waals surface area contributed by atoms with E-state index >= 15 is 0 Å². The summed E-state index contributed by atoms with van der Waals surface area (Å²) in [5.74, 6) is 1.06. The third-order valence-electron chi connectivity index (χ3n) is 4.91. The van der Waals surface area contributed by atoms with Crippen LogP contribution in [-0.4, -0.2) is 49.3 Å². The minimum atomic E-state index is -0.352. The number of likely N-dealkylation sites (tertiary alicyclic amines) is 1. The fourth-order valence-electron chi connectivity index (χ4n) is 3.41. The first-order chi connectivity index (χ1) is 12.6. The van der Waals surface area contributed by atoms with Gasteiger partial charge in [-0.2, -0.15) is 0 Å². The SMILES string of the molecule is COC[C@H]1CCCCN1Cc1nc(-c2ccc(C(=O)OC)cc2)oc1C. The van der Waals surface area contributed by atoms with E-state index in [4.69, 9.17) is 18.9 Å². The Bertz CT molecular complexity index is 737. The van der Waals surface area contributed by atoms with Crippen molar-refractivity contribution in [2.45, 2.75) is 38.8 Å². The highest BCUT2D eigenvalue weighted by atomic mass is 16.5. The van der Waals surface area contributed by atoms with Crippen LogP contribution in [0.3, 0.4) is 0 Å². The normalized spacial score (nSPS) is 18.0. The molecule has 26 heavy (non-hydrogen) atoms. The van der Waals surface area contributed by atoms with E-state index in [9.17, 15) is 4.79 Å². The topological polar surface area (TPSA) is 64.8 Å². The summed E-state index contributed by atoms with van der Waals surface area (Å²) in [6, 6.07) is 7.54. The van der Waals surface area contributed by atoms with Gasteiger partial charge in [-0.15, -0.1) is 0 Å². The van der Waals surface area contributed by atoms with Crippen molar-refractivity contribution in [3.05, 3.63) is 41.3 Å². The standard InChI is InChI=1S/C20H26N2O4/c1-14-18(12-22-11-5-4-6-17(22)13-24-2)21-19(26-14)15-7-9-16(10-8-15)20(23)25-3/h7-10,17H,4-6,11-13H2,1-3H3/t17-/m1/s1. The van der Waals surface area contributed by atoms with Crippen molar-refractivity contribution in [2.75, 3.05) is 27.4 Å². The Morgan fingerprint density at radius 1 is 1.27 bits per heavy atom. The summed E-state index contributed by atoms with van der Waals surface area (Å²) in [6.45, 7) is 4.52. The highest BCUT2D eigenvalue weighted by molar-refractivity contribution is 5.89. The average molecular weight is 358 g/mol. The molecule has 0 N–H and O–H groups in total. The minimum Gasteiger partial charge on any atom is -0.465 e. The van der Waals surface area contributed by atoms with Gasteiger partial charge in [0, 0.05) is 25.3 Å². The maximum absolute atomic E-state index is 11.5. The monoisotopic (exact) mass is 358 g/mol. The molecule has 2 heterocycles. The number of piperidine rings is 1. The number of esters is 1. The predicted molar refractivity (Wildman–Crippen MR) is 97.9 cm³/mol. The third kappa shape index (κ3) is 4.14. The molecule has 3 rings (SSSR count). The molecule has 1 saturated heterocycles. The number of hydrogen-bond donors (Lipinski definition) is 0. The van der Waals surface area contributed by atoms with Crippen molar-refractivity contribution < 1.29 is 18.7 Å². The maximum atomic E-state index is 11.5. The van der Waals surface area contributed by atoms with Crippen molar-refractivity contribution in [3.8, 4) is 11.5 Å². The van der Waals surface area contributed by atoms with Crippen molar-refractivity contribution in [1.82, 2.24) is 9.88 Å². The quantitative estimate of drug-likeness (QED) is 0.737. The number of ether oxygens (including phenoxy) is 2. The van der Waals surface area contributed by atoms with Crippen LogP contribution in [0.4, 0.5) is 0 Å². The Morgan fingerprint density at radius 3 is 2.73 bits per heavy atom. The van der Waals surface area contributed by atoms with E-state index in [1.54, 1.807) is 19.2 Å². The molecule has 0 amide bonds. The number of carbonyl (C=O) groups is 1.